The number of rotatable bonds is 0. The summed E-state index contributed by atoms with van der Waals surface area (Å²) in [5.74, 6) is 2.47. The Morgan fingerprint density at radius 3 is 2.80 bits per heavy atom. The first-order valence-electron chi connectivity index (χ1n) is 6.11. The number of para-hydroxylation sites is 1. The Bertz CT molecular complexity index is 371. The summed E-state index contributed by atoms with van der Waals surface area (Å²) in [6.45, 7) is 4.80. The maximum Gasteiger partial charge on any atom is 0.0378 e. The molecule has 4 atom stereocenters. The smallest absolute Gasteiger partial charge is 0.0378 e. The van der Waals surface area contributed by atoms with Crippen LogP contribution in [0.1, 0.15) is 38.2 Å². The quantitative estimate of drug-likeness (QED) is 0.676. The molecule has 1 heteroatoms. The Morgan fingerprint density at radius 2 is 1.93 bits per heavy atom. The van der Waals surface area contributed by atoms with Gasteiger partial charge in [0.2, 0.25) is 0 Å². The van der Waals surface area contributed by atoms with Gasteiger partial charge in [0.1, 0.15) is 0 Å². The van der Waals surface area contributed by atoms with Gasteiger partial charge in [-0.2, -0.15) is 0 Å². The van der Waals surface area contributed by atoms with Crippen molar-refractivity contribution in [2.75, 3.05) is 5.32 Å². The van der Waals surface area contributed by atoms with Gasteiger partial charge in [0.15, 0.2) is 0 Å². The molecule has 1 fully saturated rings. The highest BCUT2D eigenvalue weighted by Gasteiger charge is 2.39. The molecule has 4 unspecified atom stereocenters. The molecule has 2 aliphatic rings. The van der Waals surface area contributed by atoms with Crippen LogP contribution in [0.5, 0.6) is 0 Å². The lowest BCUT2D eigenvalue weighted by molar-refractivity contribution is 0.251. The van der Waals surface area contributed by atoms with Crippen molar-refractivity contribution in [2.45, 2.75) is 38.6 Å². The zero-order valence-electron chi connectivity index (χ0n) is 9.53. The van der Waals surface area contributed by atoms with E-state index in [1.165, 1.54) is 18.5 Å². The van der Waals surface area contributed by atoms with Crippen LogP contribution in [0.25, 0.3) is 0 Å². The van der Waals surface area contributed by atoms with Crippen LogP contribution in [-0.4, -0.2) is 6.04 Å². The summed E-state index contributed by atoms with van der Waals surface area (Å²) in [6.07, 6.45) is 2.72. The molecule has 1 saturated carbocycles. The Balaban J connectivity index is 1.99. The minimum Gasteiger partial charge on any atom is -0.381 e. The monoisotopic (exact) mass is 201 g/mol. The predicted octanol–water partition coefficient (Wildman–Crippen LogP) is 3.63. The lowest BCUT2D eigenvalue weighted by atomic mass is 9.71. The SMILES string of the molecule is CC1CC(C)C2c3ccccc3NC2C1. The molecule has 1 aliphatic heterocycles. The third-order valence-corrected chi connectivity index (χ3v) is 4.14. The van der Waals surface area contributed by atoms with Crippen LogP contribution >= 0.6 is 0 Å². The average molecular weight is 201 g/mol. The molecule has 0 spiro atoms. The van der Waals surface area contributed by atoms with E-state index in [0.29, 0.717) is 6.04 Å². The maximum absolute atomic E-state index is 3.70. The number of fused-ring (bicyclic) bond motifs is 3. The molecule has 0 amide bonds. The summed E-state index contributed by atoms with van der Waals surface area (Å²) < 4.78 is 0. The zero-order chi connectivity index (χ0) is 10.4. The van der Waals surface area contributed by atoms with Gasteiger partial charge in [-0.1, -0.05) is 32.0 Å². The number of nitrogens with one attached hydrogen (secondary N) is 1. The van der Waals surface area contributed by atoms with E-state index in [9.17, 15) is 0 Å². The molecule has 0 bridgehead atoms. The predicted molar refractivity (Wildman–Crippen MR) is 64.2 cm³/mol. The van der Waals surface area contributed by atoms with Crippen molar-refractivity contribution in [3.63, 3.8) is 0 Å². The Labute approximate surface area is 91.9 Å². The molecule has 15 heavy (non-hydrogen) atoms. The average Bonchev–Trinajstić information content (AvgIpc) is 2.54. The summed E-state index contributed by atoms with van der Waals surface area (Å²) in [6, 6.07) is 9.54. The molecule has 0 radical (unpaired) electrons. The Morgan fingerprint density at radius 1 is 1.13 bits per heavy atom. The number of hydrogen-bond acceptors (Lipinski definition) is 1. The van der Waals surface area contributed by atoms with Crippen molar-refractivity contribution in [1.82, 2.24) is 0 Å². The van der Waals surface area contributed by atoms with Gasteiger partial charge in [0.25, 0.3) is 0 Å². The largest absolute Gasteiger partial charge is 0.381 e. The van der Waals surface area contributed by atoms with Crippen LogP contribution in [0.3, 0.4) is 0 Å². The Hall–Kier alpha value is -0.980. The number of benzene rings is 1. The topological polar surface area (TPSA) is 12.0 Å². The fraction of sp³-hybridized carbons (Fsp3) is 0.571. The first-order chi connectivity index (χ1) is 7.25. The van der Waals surface area contributed by atoms with Crippen LogP contribution in [0, 0.1) is 11.8 Å². The molecule has 1 N–H and O–H groups in total. The molecule has 0 saturated heterocycles. The van der Waals surface area contributed by atoms with Crippen molar-refractivity contribution in [3.05, 3.63) is 29.8 Å². The van der Waals surface area contributed by atoms with Gasteiger partial charge < -0.3 is 5.32 Å². The minimum atomic E-state index is 0.696. The molecular weight excluding hydrogens is 182 g/mol. The molecule has 1 aromatic rings. The van der Waals surface area contributed by atoms with E-state index in [1.54, 1.807) is 5.56 Å². The second kappa shape index (κ2) is 3.26. The van der Waals surface area contributed by atoms with Gasteiger partial charge in [0, 0.05) is 17.6 Å². The highest BCUT2D eigenvalue weighted by atomic mass is 15.0. The maximum atomic E-state index is 3.70. The van der Waals surface area contributed by atoms with Crippen molar-refractivity contribution < 1.29 is 0 Å². The fourth-order valence-electron chi connectivity index (χ4n) is 3.65. The van der Waals surface area contributed by atoms with Gasteiger partial charge in [-0.15, -0.1) is 0 Å². The van der Waals surface area contributed by atoms with Crippen molar-refractivity contribution in [3.8, 4) is 0 Å². The van der Waals surface area contributed by atoms with Crippen LogP contribution in [0.2, 0.25) is 0 Å². The van der Waals surface area contributed by atoms with E-state index in [-0.39, 0.29) is 0 Å². The van der Waals surface area contributed by atoms with Gasteiger partial charge >= 0.3 is 0 Å². The molecule has 80 valence electrons. The molecule has 1 nitrogen and oxygen atoms in total. The second-order valence-electron chi connectivity index (χ2n) is 5.42. The van der Waals surface area contributed by atoms with Crippen LogP contribution in [0.15, 0.2) is 24.3 Å². The highest BCUT2D eigenvalue weighted by Crippen LogP contribution is 2.47. The van der Waals surface area contributed by atoms with Crippen LogP contribution in [-0.2, 0) is 0 Å². The first kappa shape index (κ1) is 9.26. The Kier molecular flexibility index (Phi) is 2.01. The van der Waals surface area contributed by atoms with E-state index >= 15 is 0 Å². The van der Waals surface area contributed by atoms with Crippen molar-refractivity contribution in [2.24, 2.45) is 11.8 Å². The van der Waals surface area contributed by atoms with E-state index in [4.69, 9.17) is 0 Å². The van der Waals surface area contributed by atoms with Gasteiger partial charge in [-0.05, 0) is 36.3 Å². The van der Waals surface area contributed by atoms with E-state index in [2.05, 4.69) is 43.4 Å². The molecular formula is C14H19N. The summed E-state index contributed by atoms with van der Waals surface area (Å²) >= 11 is 0. The molecule has 3 rings (SSSR count). The summed E-state index contributed by atoms with van der Waals surface area (Å²) in [4.78, 5) is 0. The van der Waals surface area contributed by atoms with Gasteiger partial charge in [-0.3, -0.25) is 0 Å². The molecule has 1 heterocycles. The minimum absolute atomic E-state index is 0.696. The van der Waals surface area contributed by atoms with Gasteiger partial charge in [-0.25, -0.2) is 0 Å². The third kappa shape index (κ3) is 1.37. The van der Waals surface area contributed by atoms with Crippen LogP contribution in [0.4, 0.5) is 5.69 Å². The molecule has 0 aromatic heterocycles. The molecule has 1 aromatic carbocycles. The lowest BCUT2D eigenvalue weighted by Gasteiger charge is -2.35. The summed E-state index contributed by atoms with van der Waals surface area (Å²) in [5, 5.41) is 3.70. The second-order valence-corrected chi connectivity index (χ2v) is 5.42. The van der Waals surface area contributed by atoms with E-state index in [0.717, 1.165) is 17.8 Å². The van der Waals surface area contributed by atoms with E-state index in [1.807, 2.05) is 0 Å². The van der Waals surface area contributed by atoms with Crippen LogP contribution < -0.4 is 5.32 Å². The van der Waals surface area contributed by atoms with E-state index < -0.39 is 0 Å². The van der Waals surface area contributed by atoms with Gasteiger partial charge in [0.05, 0.1) is 0 Å². The first-order valence-corrected chi connectivity index (χ1v) is 6.11. The van der Waals surface area contributed by atoms with Crippen molar-refractivity contribution >= 4 is 5.69 Å². The number of hydrogen-bond donors (Lipinski definition) is 1. The normalized spacial score (nSPS) is 38.0. The number of anilines is 1. The zero-order valence-corrected chi connectivity index (χ0v) is 9.53. The molecule has 1 aliphatic carbocycles. The summed E-state index contributed by atoms with van der Waals surface area (Å²) in [5.41, 5.74) is 2.94. The summed E-state index contributed by atoms with van der Waals surface area (Å²) in [7, 11) is 0. The third-order valence-electron chi connectivity index (χ3n) is 4.14. The highest BCUT2D eigenvalue weighted by molar-refractivity contribution is 5.59. The lowest BCUT2D eigenvalue weighted by Crippen LogP contribution is -2.33. The fourth-order valence-corrected chi connectivity index (χ4v) is 3.65. The standard InChI is InChI=1S/C14H19N/c1-9-7-10(2)14-11-5-3-4-6-12(11)15-13(14)8-9/h3-6,9-10,13-15H,7-8H2,1-2H3. The van der Waals surface area contributed by atoms with Crippen molar-refractivity contribution in [1.29, 1.82) is 0 Å².